The van der Waals surface area contributed by atoms with Crippen LogP contribution in [0.4, 0.5) is 13.2 Å². The Hall–Kier alpha value is -4.14. The normalized spacial score (nSPS) is 14.8. The minimum absolute atomic E-state index is 0.0203. The highest BCUT2D eigenvalue weighted by molar-refractivity contribution is 7.90. The molecule has 2 heterocycles. The van der Waals surface area contributed by atoms with Crippen molar-refractivity contribution in [2.45, 2.75) is 36.1 Å². The molecule has 3 aromatic carbocycles. The number of esters is 1. The van der Waals surface area contributed by atoms with Gasteiger partial charge in [0.05, 0.1) is 37.1 Å². The molecule has 2 N–H and O–H groups in total. The maximum Gasteiger partial charge on any atom is 0.490 e. The third-order valence-electron chi connectivity index (χ3n) is 7.30. The molecular formula is C32H34F3NO9S. The zero-order chi connectivity index (χ0) is 33.3. The van der Waals surface area contributed by atoms with Crippen LogP contribution in [0.25, 0.3) is 11.1 Å². The second-order valence-electron chi connectivity index (χ2n) is 10.7. The number of unbranched alkanes of at least 4 members (excludes halogenated alkanes) is 1. The number of aliphatic carboxylic acids is 1. The minimum Gasteiger partial charge on any atom is -0.507 e. The highest BCUT2D eigenvalue weighted by atomic mass is 32.2. The lowest BCUT2D eigenvalue weighted by Gasteiger charge is -2.26. The van der Waals surface area contributed by atoms with Crippen LogP contribution in [0.1, 0.15) is 34.3 Å². The molecule has 0 spiro atoms. The molecule has 5 rings (SSSR count). The third kappa shape index (κ3) is 9.68. The summed E-state index contributed by atoms with van der Waals surface area (Å²) in [5, 5.41) is 17.6. The van der Waals surface area contributed by atoms with Crippen molar-refractivity contribution in [1.29, 1.82) is 0 Å². The first kappa shape index (κ1) is 34.7. The number of sulfone groups is 1. The van der Waals surface area contributed by atoms with E-state index in [-0.39, 0.29) is 28.6 Å². The maximum atomic E-state index is 13.2. The standard InChI is InChI=1S/C30H33NO7S.C2HF3O2/c32-28-18-22(6-8-27(28)30(33)38-14-2-1-11-31-12-16-36-17-13-31)21-39(34,35)26-5-3-4-23(20-26)24-7-9-29-25(19-24)10-15-37-29;3-2(4,5)1(6)7/h3-9,18-20,32H,1-2,10-17,21H2;(H,6,7). The van der Waals surface area contributed by atoms with E-state index in [1.54, 1.807) is 18.2 Å². The van der Waals surface area contributed by atoms with Crippen LogP contribution in [0.3, 0.4) is 0 Å². The minimum atomic E-state index is -5.08. The number of carbonyl (C=O) groups excluding carboxylic acids is 1. The fraction of sp³-hybridized carbons (Fsp3) is 0.375. The van der Waals surface area contributed by atoms with Gasteiger partial charge in [0, 0.05) is 19.5 Å². The van der Waals surface area contributed by atoms with Gasteiger partial charge >= 0.3 is 18.1 Å². The Balaban J connectivity index is 0.000000617. The number of halogens is 3. The van der Waals surface area contributed by atoms with E-state index in [9.17, 15) is 31.5 Å². The Morgan fingerprint density at radius 3 is 2.35 bits per heavy atom. The molecule has 0 aliphatic carbocycles. The van der Waals surface area contributed by atoms with E-state index < -0.39 is 28.0 Å². The van der Waals surface area contributed by atoms with Gasteiger partial charge in [0.2, 0.25) is 0 Å². The fourth-order valence-electron chi connectivity index (χ4n) is 4.88. The summed E-state index contributed by atoms with van der Waals surface area (Å²) in [6.07, 6.45) is -2.63. The number of hydrogen-bond acceptors (Lipinski definition) is 9. The van der Waals surface area contributed by atoms with Crippen LogP contribution < -0.4 is 4.74 Å². The molecule has 1 saturated heterocycles. The van der Waals surface area contributed by atoms with Crippen LogP contribution >= 0.6 is 0 Å². The van der Waals surface area contributed by atoms with Crippen molar-refractivity contribution in [2.75, 3.05) is 46.1 Å². The first-order chi connectivity index (χ1) is 21.8. The van der Waals surface area contributed by atoms with E-state index in [4.69, 9.17) is 24.1 Å². The highest BCUT2D eigenvalue weighted by Gasteiger charge is 2.38. The Kier molecular flexibility index (Phi) is 11.7. The first-order valence-corrected chi connectivity index (χ1v) is 16.2. The summed E-state index contributed by atoms with van der Waals surface area (Å²) in [5.41, 5.74) is 3.25. The number of phenols is 1. The molecule has 0 atom stereocenters. The monoisotopic (exact) mass is 665 g/mol. The quantitative estimate of drug-likeness (QED) is 0.228. The van der Waals surface area contributed by atoms with Crippen LogP contribution in [-0.2, 0) is 36.3 Å². The molecule has 0 radical (unpaired) electrons. The van der Waals surface area contributed by atoms with E-state index in [0.717, 1.165) is 74.6 Å². The lowest BCUT2D eigenvalue weighted by molar-refractivity contribution is -0.192. The van der Waals surface area contributed by atoms with Gasteiger partial charge in [-0.15, -0.1) is 0 Å². The molecule has 10 nitrogen and oxygen atoms in total. The second-order valence-corrected chi connectivity index (χ2v) is 12.6. The van der Waals surface area contributed by atoms with Gasteiger partial charge < -0.3 is 24.4 Å². The topological polar surface area (TPSA) is 140 Å². The van der Waals surface area contributed by atoms with Crippen LogP contribution in [0.15, 0.2) is 65.6 Å². The molecule has 0 unspecified atom stereocenters. The number of carboxylic acids is 1. The summed E-state index contributed by atoms with van der Waals surface area (Å²) < 4.78 is 74.4. The van der Waals surface area contributed by atoms with Gasteiger partial charge in [-0.2, -0.15) is 13.2 Å². The van der Waals surface area contributed by atoms with E-state index in [1.165, 1.54) is 18.2 Å². The van der Waals surface area contributed by atoms with Gasteiger partial charge in [-0.3, -0.25) is 4.90 Å². The Bertz CT molecular complexity index is 1640. The number of carboxylic acid groups (broad SMARTS) is 1. The number of hydrogen-bond donors (Lipinski definition) is 2. The molecule has 1 fully saturated rings. The van der Waals surface area contributed by atoms with E-state index in [1.807, 2.05) is 24.3 Å². The average Bonchev–Trinajstić information content (AvgIpc) is 3.49. The molecule has 14 heteroatoms. The summed E-state index contributed by atoms with van der Waals surface area (Å²) in [4.78, 5) is 23.9. The van der Waals surface area contributed by atoms with Crippen LogP contribution in [-0.4, -0.2) is 87.7 Å². The summed E-state index contributed by atoms with van der Waals surface area (Å²) >= 11 is 0. The van der Waals surface area contributed by atoms with Gasteiger partial charge in [0.25, 0.3) is 0 Å². The molecule has 0 bridgehead atoms. The second kappa shape index (κ2) is 15.4. The lowest BCUT2D eigenvalue weighted by atomic mass is 10.0. The molecule has 2 aliphatic heterocycles. The zero-order valence-electron chi connectivity index (χ0n) is 24.8. The van der Waals surface area contributed by atoms with Crippen LogP contribution in [0.5, 0.6) is 11.5 Å². The molecule has 0 saturated carbocycles. The lowest BCUT2D eigenvalue weighted by Crippen LogP contribution is -2.36. The number of nitrogens with zero attached hydrogens (tertiary/aromatic N) is 1. The highest BCUT2D eigenvalue weighted by Crippen LogP contribution is 2.32. The number of benzene rings is 3. The van der Waals surface area contributed by atoms with E-state index in [0.29, 0.717) is 12.2 Å². The number of ether oxygens (including phenoxy) is 3. The van der Waals surface area contributed by atoms with Gasteiger partial charge in [-0.1, -0.05) is 24.3 Å². The van der Waals surface area contributed by atoms with Crippen molar-refractivity contribution in [1.82, 2.24) is 4.90 Å². The summed E-state index contributed by atoms with van der Waals surface area (Å²) in [6, 6.07) is 17.0. The van der Waals surface area contributed by atoms with E-state index >= 15 is 0 Å². The molecule has 2 aliphatic rings. The summed E-state index contributed by atoms with van der Waals surface area (Å²) in [7, 11) is -3.70. The average molecular weight is 666 g/mol. The number of rotatable bonds is 10. The third-order valence-corrected chi connectivity index (χ3v) is 8.99. The van der Waals surface area contributed by atoms with Crippen molar-refractivity contribution < 1.29 is 55.6 Å². The Morgan fingerprint density at radius 1 is 0.935 bits per heavy atom. The van der Waals surface area contributed by atoms with Gasteiger partial charge in [0.1, 0.15) is 17.1 Å². The van der Waals surface area contributed by atoms with Crippen molar-refractivity contribution in [3.63, 3.8) is 0 Å². The maximum absolute atomic E-state index is 13.2. The van der Waals surface area contributed by atoms with Crippen molar-refractivity contribution >= 4 is 21.8 Å². The van der Waals surface area contributed by atoms with Crippen molar-refractivity contribution in [2.24, 2.45) is 0 Å². The number of morpholine rings is 1. The van der Waals surface area contributed by atoms with Crippen LogP contribution in [0.2, 0.25) is 0 Å². The fourth-order valence-corrected chi connectivity index (χ4v) is 6.26. The molecular weight excluding hydrogens is 631 g/mol. The van der Waals surface area contributed by atoms with Gasteiger partial charge in [-0.25, -0.2) is 18.0 Å². The number of fused-ring (bicyclic) bond motifs is 1. The van der Waals surface area contributed by atoms with Crippen molar-refractivity contribution in [3.05, 3.63) is 77.4 Å². The predicted octanol–water partition coefficient (Wildman–Crippen LogP) is 4.87. The molecule has 3 aromatic rings. The number of carbonyl (C=O) groups is 2. The van der Waals surface area contributed by atoms with E-state index in [2.05, 4.69) is 4.90 Å². The number of alkyl halides is 3. The van der Waals surface area contributed by atoms with Crippen LogP contribution in [0, 0.1) is 0 Å². The van der Waals surface area contributed by atoms with Crippen molar-refractivity contribution in [3.8, 4) is 22.6 Å². The molecule has 0 aromatic heterocycles. The molecule has 46 heavy (non-hydrogen) atoms. The smallest absolute Gasteiger partial charge is 0.490 e. The SMILES string of the molecule is O=C(O)C(F)(F)F.O=C(OCCCCN1CCOCC1)c1ccc(CS(=O)(=O)c2cccc(-c3ccc4c(c3)CCO4)c2)cc1O. The van der Waals surface area contributed by atoms with Gasteiger partial charge in [-0.05, 0) is 78.0 Å². The number of phenolic OH excluding ortho intramolecular Hbond substituents is 1. The summed E-state index contributed by atoms with van der Waals surface area (Å²) in [5.74, 6) is -3.11. The molecule has 0 amide bonds. The number of aromatic hydroxyl groups is 1. The Labute approximate surface area is 264 Å². The zero-order valence-corrected chi connectivity index (χ0v) is 25.6. The Morgan fingerprint density at radius 2 is 1.65 bits per heavy atom. The largest absolute Gasteiger partial charge is 0.507 e. The first-order valence-electron chi connectivity index (χ1n) is 14.5. The predicted molar refractivity (Wildman–Crippen MR) is 161 cm³/mol. The van der Waals surface area contributed by atoms with Gasteiger partial charge in [0.15, 0.2) is 9.84 Å². The summed E-state index contributed by atoms with van der Waals surface area (Å²) in [6.45, 7) is 5.20. The molecule has 248 valence electrons.